The molecule has 1 N–H and O–H groups in total. The highest BCUT2D eigenvalue weighted by atomic mass is 31.2. The van der Waals surface area contributed by atoms with E-state index in [2.05, 4.69) is 26.1 Å². The maximum atomic E-state index is 13.4. The second-order valence-electron chi connectivity index (χ2n) is 20.5. The molecule has 0 heterocycles. The molecule has 0 rings (SSSR count). The molecule has 0 aromatic carbocycles. The van der Waals surface area contributed by atoms with Crippen molar-refractivity contribution in [2.45, 2.75) is 290 Å². The standard InChI is InChI=1S/C55H109N2O7P/c1-7-10-13-16-19-22-25-28-30-33-36-39-42-45-48-55(59)64-53(46-43-40-37-34-31-27-24-21-18-15-12-9-3)52(51-63-65(60,61)62-50-49-57(4,5)6)56-54(58)47-44-41-38-35-32-29-26-23-20-17-14-11-8-2/h43,46,52-53H,7-42,44-45,47-51H2,1-6H3,(H-,56,58,60,61)/b46-43+. The van der Waals surface area contributed by atoms with Crippen LogP contribution in [-0.2, 0) is 27.9 Å². The highest BCUT2D eigenvalue weighted by Crippen LogP contribution is 2.38. The predicted molar refractivity (Wildman–Crippen MR) is 275 cm³/mol. The molecule has 65 heavy (non-hydrogen) atoms. The zero-order valence-electron chi connectivity index (χ0n) is 44.0. The number of likely N-dealkylation sites (N-methyl/N-ethyl adjacent to an activating group) is 1. The third kappa shape index (κ3) is 47.6. The van der Waals surface area contributed by atoms with Crippen LogP contribution in [0.4, 0.5) is 0 Å². The number of carbonyl (C=O) groups excluding carboxylic acids is 2. The largest absolute Gasteiger partial charge is 0.756 e. The lowest BCUT2D eigenvalue weighted by atomic mass is 10.0. The molecule has 0 aromatic heterocycles. The second-order valence-corrected chi connectivity index (χ2v) is 21.9. The second kappa shape index (κ2) is 46.5. The van der Waals surface area contributed by atoms with Crippen molar-refractivity contribution in [2.24, 2.45) is 0 Å². The van der Waals surface area contributed by atoms with E-state index >= 15 is 0 Å². The number of phosphoric acid groups is 1. The number of hydrogen-bond donors (Lipinski definition) is 1. The van der Waals surface area contributed by atoms with E-state index < -0.39 is 20.0 Å². The summed E-state index contributed by atoms with van der Waals surface area (Å²) in [5, 5.41) is 3.02. The van der Waals surface area contributed by atoms with Gasteiger partial charge in [-0.15, -0.1) is 0 Å². The summed E-state index contributed by atoms with van der Waals surface area (Å²) in [7, 11) is 1.20. The number of esters is 1. The third-order valence-electron chi connectivity index (χ3n) is 12.7. The van der Waals surface area contributed by atoms with Crippen molar-refractivity contribution in [1.82, 2.24) is 5.32 Å². The Morgan fingerprint density at radius 2 is 0.877 bits per heavy atom. The number of nitrogens with one attached hydrogen (secondary N) is 1. The van der Waals surface area contributed by atoms with Crippen LogP contribution in [0, 0.1) is 0 Å². The van der Waals surface area contributed by atoms with Gasteiger partial charge in [0.15, 0.2) is 0 Å². The molecule has 0 spiro atoms. The number of rotatable bonds is 51. The highest BCUT2D eigenvalue weighted by molar-refractivity contribution is 7.45. The number of amides is 1. The molecular formula is C55H109N2O7P. The molecule has 0 aliphatic heterocycles. The molecular weight excluding hydrogens is 832 g/mol. The lowest BCUT2D eigenvalue weighted by Crippen LogP contribution is -2.47. The Morgan fingerprint density at radius 1 is 0.523 bits per heavy atom. The SMILES string of the molecule is CCCCCCCCCCCC/C=C/C(OC(=O)CCCCCCCCCCCCCCCC)C(COP(=O)([O-])OCC[N+](C)(C)C)NC(=O)CCCCCCCCCCCCCCC. The van der Waals surface area contributed by atoms with Crippen molar-refractivity contribution in [3.05, 3.63) is 12.2 Å². The number of hydrogen-bond acceptors (Lipinski definition) is 7. The van der Waals surface area contributed by atoms with Crippen molar-refractivity contribution < 1.29 is 37.3 Å². The summed E-state index contributed by atoms with van der Waals surface area (Å²) in [6.07, 6.45) is 50.2. The molecule has 0 radical (unpaired) electrons. The van der Waals surface area contributed by atoms with Gasteiger partial charge in [0.25, 0.3) is 7.82 Å². The minimum absolute atomic E-state index is 0.0171. The van der Waals surface area contributed by atoms with Crippen LogP contribution in [0.15, 0.2) is 12.2 Å². The minimum atomic E-state index is -4.68. The van der Waals surface area contributed by atoms with Crippen molar-refractivity contribution in [2.75, 3.05) is 40.9 Å². The van der Waals surface area contributed by atoms with Crippen molar-refractivity contribution in [1.29, 1.82) is 0 Å². The summed E-state index contributed by atoms with van der Waals surface area (Å²) < 4.78 is 30.2. The van der Waals surface area contributed by atoms with Gasteiger partial charge in [0, 0.05) is 12.8 Å². The van der Waals surface area contributed by atoms with Crippen LogP contribution in [0.25, 0.3) is 0 Å². The summed E-state index contributed by atoms with van der Waals surface area (Å²) in [5.41, 5.74) is 0. The lowest BCUT2D eigenvalue weighted by molar-refractivity contribution is -0.870. The molecule has 0 saturated carbocycles. The van der Waals surface area contributed by atoms with Gasteiger partial charge in [-0.3, -0.25) is 14.2 Å². The first-order valence-corrected chi connectivity index (χ1v) is 29.5. The first kappa shape index (κ1) is 63.8. The minimum Gasteiger partial charge on any atom is -0.756 e. The number of unbranched alkanes of at least 4 members (excludes halogenated alkanes) is 35. The van der Waals surface area contributed by atoms with E-state index in [9.17, 15) is 19.0 Å². The monoisotopic (exact) mass is 941 g/mol. The van der Waals surface area contributed by atoms with Crippen molar-refractivity contribution in [3.63, 3.8) is 0 Å². The van der Waals surface area contributed by atoms with Crippen molar-refractivity contribution >= 4 is 19.7 Å². The number of nitrogens with zero attached hydrogens (tertiary/aromatic N) is 1. The van der Waals surface area contributed by atoms with Gasteiger partial charge < -0.3 is 28.5 Å². The predicted octanol–water partition coefficient (Wildman–Crippen LogP) is 15.8. The summed E-state index contributed by atoms with van der Waals surface area (Å²) in [6.45, 7) is 6.86. The van der Waals surface area contributed by atoms with Gasteiger partial charge in [0.05, 0.1) is 33.8 Å². The molecule has 0 bridgehead atoms. The van der Waals surface area contributed by atoms with Crippen LogP contribution in [0.2, 0.25) is 0 Å². The molecule has 386 valence electrons. The van der Waals surface area contributed by atoms with Gasteiger partial charge in [-0.1, -0.05) is 245 Å². The van der Waals surface area contributed by atoms with E-state index in [0.717, 1.165) is 57.8 Å². The molecule has 0 fully saturated rings. The van der Waals surface area contributed by atoms with Crippen LogP contribution in [0.3, 0.4) is 0 Å². The van der Waals surface area contributed by atoms with Crippen LogP contribution in [0.1, 0.15) is 278 Å². The summed E-state index contributed by atoms with van der Waals surface area (Å²) in [5.74, 6) is -0.526. The highest BCUT2D eigenvalue weighted by Gasteiger charge is 2.27. The van der Waals surface area contributed by atoms with Crippen LogP contribution in [0.5, 0.6) is 0 Å². The number of carbonyl (C=O) groups is 2. The quantitative estimate of drug-likeness (QED) is 0.0212. The molecule has 10 heteroatoms. The zero-order valence-corrected chi connectivity index (χ0v) is 44.9. The van der Waals surface area contributed by atoms with E-state index in [4.69, 9.17) is 13.8 Å². The topological polar surface area (TPSA) is 114 Å². The van der Waals surface area contributed by atoms with Gasteiger partial charge >= 0.3 is 5.97 Å². The van der Waals surface area contributed by atoms with Crippen molar-refractivity contribution in [3.8, 4) is 0 Å². The molecule has 3 atom stereocenters. The van der Waals surface area contributed by atoms with Gasteiger partial charge in [0.2, 0.25) is 5.91 Å². The zero-order chi connectivity index (χ0) is 48.0. The molecule has 3 unspecified atom stereocenters. The average molecular weight is 941 g/mol. The van der Waals surface area contributed by atoms with E-state index in [1.54, 1.807) is 0 Å². The normalized spacial score (nSPS) is 13.9. The fourth-order valence-corrected chi connectivity index (χ4v) is 9.07. The third-order valence-corrected chi connectivity index (χ3v) is 13.7. The fraction of sp³-hybridized carbons (Fsp3) is 0.927. The number of ether oxygens (including phenoxy) is 1. The van der Waals surface area contributed by atoms with Crippen LogP contribution in [-0.4, -0.2) is 69.4 Å². The number of quaternary nitrogens is 1. The van der Waals surface area contributed by atoms with E-state index in [-0.39, 0.29) is 31.5 Å². The summed E-state index contributed by atoms with van der Waals surface area (Å²) in [4.78, 5) is 39.7. The summed E-state index contributed by atoms with van der Waals surface area (Å²) in [6, 6.07) is -0.877. The van der Waals surface area contributed by atoms with E-state index in [1.165, 1.54) is 186 Å². The molecule has 0 saturated heterocycles. The Kier molecular flexibility index (Phi) is 45.6. The first-order valence-electron chi connectivity index (χ1n) is 28.0. The Hall–Kier alpha value is -1.25. The van der Waals surface area contributed by atoms with Gasteiger partial charge in [-0.05, 0) is 31.8 Å². The first-order chi connectivity index (χ1) is 31.4. The van der Waals surface area contributed by atoms with E-state index in [0.29, 0.717) is 17.4 Å². The maximum absolute atomic E-state index is 13.4. The molecule has 0 aromatic rings. The smallest absolute Gasteiger partial charge is 0.306 e. The van der Waals surface area contributed by atoms with Gasteiger partial charge in [-0.25, -0.2) is 0 Å². The molecule has 0 aliphatic carbocycles. The maximum Gasteiger partial charge on any atom is 0.306 e. The van der Waals surface area contributed by atoms with Crippen LogP contribution < -0.4 is 10.2 Å². The Morgan fingerprint density at radius 3 is 1.26 bits per heavy atom. The van der Waals surface area contributed by atoms with Crippen LogP contribution >= 0.6 is 7.82 Å². The number of allylic oxidation sites excluding steroid dienone is 1. The Balaban J connectivity index is 5.35. The average Bonchev–Trinajstić information content (AvgIpc) is 3.26. The fourth-order valence-electron chi connectivity index (χ4n) is 8.35. The lowest BCUT2D eigenvalue weighted by Gasteiger charge is -2.30. The van der Waals surface area contributed by atoms with Gasteiger partial charge in [-0.2, -0.15) is 0 Å². The summed E-state index contributed by atoms with van der Waals surface area (Å²) >= 11 is 0. The Bertz CT molecular complexity index is 1130. The number of phosphoric ester groups is 1. The Labute approximate surface area is 403 Å². The van der Waals surface area contributed by atoms with Gasteiger partial charge in [0.1, 0.15) is 19.3 Å². The molecule has 0 aliphatic rings. The molecule has 1 amide bonds. The van der Waals surface area contributed by atoms with E-state index in [1.807, 2.05) is 33.3 Å². The molecule has 9 nitrogen and oxygen atoms in total.